The topological polar surface area (TPSA) is 75.1 Å². The molecule has 0 fully saturated rings. The molecule has 5 nitrogen and oxygen atoms in total. The number of aromatic nitrogens is 2. The molecule has 156 valence electrons. The number of hydrogen-bond donors (Lipinski definition) is 2. The van der Waals surface area contributed by atoms with Gasteiger partial charge in [-0.25, -0.2) is 9.97 Å². The number of rotatable bonds is 18. The van der Waals surface area contributed by atoms with Crippen molar-refractivity contribution >= 4 is 24.1 Å². The minimum absolute atomic E-state index is 0.319. The van der Waals surface area contributed by atoms with Gasteiger partial charge in [0.25, 0.3) is 0 Å². The summed E-state index contributed by atoms with van der Waals surface area (Å²) in [5.74, 6) is -0.0249. The van der Waals surface area contributed by atoms with Crippen molar-refractivity contribution in [1.29, 1.82) is 0 Å². The number of nitrogens with zero attached hydrogens (tertiary/aromatic N) is 2. The fourth-order valence-corrected chi connectivity index (χ4v) is 3.14. The first-order chi connectivity index (χ1) is 13.7. The molecular weight excluding hydrogens is 350 g/mol. The third kappa shape index (κ3) is 12.3. The van der Waals surface area contributed by atoms with Crippen LogP contribution in [0.3, 0.4) is 0 Å². The molecule has 0 radical (unpaired) electrons. The number of carbonyl (C=O) groups is 1. The smallest absolute Gasteiger partial charge is 0.303 e. The van der Waals surface area contributed by atoms with Crippen molar-refractivity contribution in [2.24, 2.45) is 0 Å². The molecule has 0 saturated carbocycles. The van der Waals surface area contributed by atoms with Crippen molar-refractivity contribution in [2.75, 3.05) is 11.9 Å². The van der Waals surface area contributed by atoms with Crippen molar-refractivity contribution < 1.29 is 9.90 Å². The van der Waals surface area contributed by atoms with E-state index in [0.29, 0.717) is 12.4 Å². The Hall–Kier alpha value is -2.17. The fraction of sp³-hybridized carbons (Fsp3) is 0.609. The summed E-state index contributed by atoms with van der Waals surface area (Å²) in [6, 6.07) is 1.87. The average molecular weight is 388 g/mol. The Bertz CT molecular complexity index is 561. The van der Waals surface area contributed by atoms with Gasteiger partial charge in [-0.2, -0.15) is 0 Å². The maximum Gasteiger partial charge on any atom is 0.303 e. The monoisotopic (exact) mass is 387 g/mol. The summed E-state index contributed by atoms with van der Waals surface area (Å²) in [6.07, 6.45) is 18.2. The maximum atomic E-state index is 10.4. The molecule has 0 aromatic carbocycles. The lowest BCUT2D eigenvalue weighted by Crippen LogP contribution is -2.06. The van der Waals surface area contributed by atoms with Gasteiger partial charge in [-0.15, -0.1) is 0 Å². The van der Waals surface area contributed by atoms with E-state index in [1.165, 1.54) is 57.8 Å². The number of carboxylic acid groups (broad SMARTS) is 1. The molecule has 1 rings (SSSR count). The average Bonchev–Trinajstić information content (AvgIpc) is 2.70. The van der Waals surface area contributed by atoms with Gasteiger partial charge in [-0.1, -0.05) is 77.4 Å². The molecule has 0 aliphatic heterocycles. The summed E-state index contributed by atoms with van der Waals surface area (Å²) in [4.78, 5) is 19.2. The fourth-order valence-electron chi connectivity index (χ4n) is 3.14. The minimum Gasteiger partial charge on any atom is -0.481 e. The van der Waals surface area contributed by atoms with Crippen LogP contribution in [-0.4, -0.2) is 27.6 Å². The molecule has 0 spiro atoms. The van der Waals surface area contributed by atoms with Crippen LogP contribution >= 0.6 is 0 Å². The summed E-state index contributed by atoms with van der Waals surface area (Å²) >= 11 is 0. The Labute approximate surface area is 170 Å². The predicted octanol–water partition coefficient (Wildman–Crippen LogP) is 6.33. The summed E-state index contributed by atoms with van der Waals surface area (Å²) in [5, 5.41) is 11.9. The number of hydrogen-bond acceptors (Lipinski definition) is 4. The Morgan fingerprint density at radius 1 is 0.821 bits per heavy atom. The quantitative estimate of drug-likeness (QED) is 0.288. The van der Waals surface area contributed by atoms with E-state index in [2.05, 4.69) is 28.4 Å². The number of unbranched alkanes of at least 4 members (excludes halogenated alkanes) is 11. The van der Waals surface area contributed by atoms with E-state index in [0.717, 1.165) is 37.2 Å². The highest BCUT2D eigenvalue weighted by molar-refractivity contribution is 5.66. The van der Waals surface area contributed by atoms with Crippen LogP contribution in [0.2, 0.25) is 0 Å². The van der Waals surface area contributed by atoms with Crippen LogP contribution < -0.4 is 5.32 Å². The highest BCUT2D eigenvalue weighted by Gasteiger charge is 2.00. The third-order valence-electron chi connectivity index (χ3n) is 4.78. The Kier molecular flexibility index (Phi) is 13.5. The number of carboxylic acids is 1. The van der Waals surface area contributed by atoms with Gasteiger partial charge >= 0.3 is 5.97 Å². The Morgan fingerprint density at radius 3 is 1.68 bits per heavy atom. The van der Waals surface area contributed by atoms with Gasteiger partial charge in [0.15, 0.2) is 0 Å². The van der Waals surface area contributed by atoms with Gasteiger partial charge < -0.3 is 10.4 Å². The van der Waals surface area contributed by atoms with Gasteiger partial charge in [-0.05, 0) is 31.1 Å². The molecule has 0 aliphatic carbocycles. The molecule has 2 N–H and O–H groups in total. The van der Waals surface area contributed by atoms with Crippen molar-refractivity contribution in [2.45, 2.75) is 83.5 Å². The lowest BCUT2D eigenvalue weighted by molar-refractivity contribution is -0.137. The molecule has 1 aromatic heterocycles. The molecule has 1 heterocycles. The normalized spacial score (nSPS) is 10.6. The lowest BCUT2D eigenvalue weighted by atomic mass is 10.0. The molecule has 0 aliphatic rings. The van der Waals surface area contributed by atoms with Gasteiger partial charge in [0.05, 0.1) is 11.4 Å². The summed E-state index contributed by atoms with van der Waals surface area (Å²) in [6.45, 7) is 8.40. The Morgan fingerprint density at radius 2 is 1.25 bits per heavy atom. The van der Waals surface area contributed by atoms with Crippen LogP contribution in [0.15, 0.2) is 19.2 Å². The van der Waals surface area contributed by atoms with Crippen LogP contribution in [0.5, 0.6) is 0 Å². The minimum atomic E-state index is -0.673. The SMILES string of the molecule is C=Cc1cc(C=C)nc(NCCCCCCCCCCCCCCC(=O)O)n1. The number of anilines is 1. The van der Waals surface area contributed by atoms with Gasteiger partial charge in [-0.3, -0.25) is 4.79 Å². The highest BCUT2D eigenvalue weighted by Crippen LogP contribution is 2.13. The first-order valence-corrected chi connectivity index (χ1v) is 10.8. The molecule has 0 amide bonds. The molecule has 0 atom stereocenters. The summed E-state index contributed by atoms with van der Waals surface area (Å²) in [5.41, 5.74) is 1.63. The molecule has 0 saturated heterocycles. The highest BCUT2D eigenvalue weighted by atomic mass is 16.4. The Balaban J connectivity index is 1.91. The van der Waals surface area contributed by atoms with Crippen LogP contribution in [0.4, 0.5) is 5.95 Å². The first kappa shape index (κ1) is 23.9. The van der Waals surface area contributed by atoms with E-state index in [4.69, 9.17) is 5.11 Å². The van der Waals surface area contributed by atoms with E-state index in [9.17, 15) is 4.79 Å². The lowest BCUT2D eigenvalue weighted by Gasteiger charge is -2.07. The number of nitrogens with one attached hydrogen (secondary N) is 1. The first-order valence-electron chi connectivity index (χ1n) is 10.8. The van der Waals surface area contributed by atoms with Crippen molar-refractivity contribution in [3.63, 3.8) is 0 Å². The third-order valence-corrected chi connectivity index (χ3v) is 4.78. The van der Waals surface area contributed by atoms with E-state index in [1.807, 2.05) is 6.07 Å². The van der Waals surface area contributed by atoms with E-state index in [-0.39, 0.29) is 0 Å². The van der Waals surface area contributed by atoms with Gasteiger partial charge in [0.2, 0.25) is 5.95 Å². The zero-order valence-corrected chi connectivity index (χ0v) is 17.3. The van der Waals surface area contributed by atoms with E-state index in [1.54, 1.807) is 12.2 Å². The van der Waals surface area contributed by atoms with Crippen molar-refractivity contribution in [3.05, 3.63) is 30.6 Å². The largest absolute Gasteiger partial charge is 0.481 e. The molecule has 5 heteroatoms. The predicted molar refractivity (Wildman–Crippen MR) is 118 cm³/mol. The van der Waals surface area contributed by atoms with Gasteiger partial charge in [0, 0.05) is 13.0 Å². The zero-order valence-electron chi connectivity index (χ0n) is 17.3. The summed E-state index contributed by atoms with van der Waals surface area (Å²) in [7, 11) is 0. The van der Waals surface area contributed by atoms with Crippen LogP contribution in [0, 0.1) is 0 Å². The van der Waals surface area contributed by atoms with Crippen molar-refractivity contribution in [3.8, 4) is 0 Å². The maximum absolute atomic E-state index is 10.4. The zero-order chi connectivity index (χ0) is 20.5. The molecule has 0 unspecified atom stereocenters. The standard InChI is InChI=1S/C23H37N3O2/c1-3-20-19-21(4-2)26-23(25-20)24-18-16-14-12-10-8-6-5-7-9-11-13-15-17-22(27)28/h3-4,19H,1-2,5-18H2,(H,27,28)(H,24,25,26). The second-order valence-corrected chi connectivity index (χ2v) is 7.26. The van der Waals surface area contributed by atoms with Gasteiger partial charge in [0.1, 0.15) is 0 Å². The van der Waals surface area contributed by atoms with Crippen LogP contribution in [-0.2, 0) is 4.79 Å². The molecule has 28 heavy (non-hydrogen) atoms. The van der Waals surface area contributed by atoms with Crippen LogP contribution in [0.25, 0.3) is 12.2 Å². The summed E-state index contributed by atoms with van der Waals surface area (Å²) < 4.78 is 0. The second kappa shape index (κ2) is 15.8. The molecule has 0 bridgehead atoms. The van der Waals surface area contributed by atoms with Crippen LogP contribution in [0.1, 0.15) is 94.9 Å². The van der Waals surface area contributed by atoms with E-state index >= 15 is 0 Å². The molecule has 1 aromatic rings. The van der Waals surface area contributed by atoms with E-state index < -0.39 is 5.97 Å². The van der Waals surface area contributed by atoms with Crippen molar-refractivity contribution in [1.82, 2.24) is 9.97 Å². The molecular formula is C23H37N3O2. The number of aliphatic carboxylic acids is 1. The second-order valence-electron chi connectivity index (χ2n) is 7.26.